The van der Waals surface area contributed by atoms with E-state index in [0.29, 0.717) is 16.8 Å². The van der Waals surface area contributed by atoms with Crippen LogP contribution in [0.1, 0.15) is 65.3 Å². The summed E-state index contributed by atoms with van der Waals surface area (Å²) in [7, 11) is 0. The van der Waals surface area contributed by atoms with E-state index in [9.17, 15) is 14.7 Å². The predicted molar refractivity (Wildman–Crippen MR) is 98.6 cm³/mol. The van der Waals surface area contributed by atoms with Gasteiger partial charge in [-0.25, -0.2) is 14.8 Å². The monoisotopic (exact) mass is 366 g/mol. The first-order valence-electron chi connectivity index (χ1n) is 9.30. The summed E-state index contributed by atoms with van der Waals surface area (Å²) >= 11 is 0. The molecule has 140 valence electrons. The van der Waals surface area contributed by atoms with E-state index in [2.05, 4.69) is 4.98 Å². The summed E-state index contributed by atoms with van der Waals surface area (Å²) in [6.45, 7) is 3.06. The molecule has 0 radical (unpaired) electrons. The Morgan fingerprint density at radius 2 is 1.59 bits per heavy atom. The molecule has 1 unspecified atom stereocenters. The Labute approximate surface area is 157 Å². The van der Waals surface area contributed by atoms with E-state index in [-0.39, 0.29) is 17.9 Å². The highest BCUT2D eigenvalue weighted by Crippen LogP contribution is 2.32. The first-order chi connectivity index (χ1) is 12.8. The summed E-state index contributed by atoms with van der Waals surface area (Å²) in [6.07, 6.45) is 2.59. The predicted octanol–water partition coefficient (Wildman–Crippen LogP) is 2.91. The molecule has 6 nitrogen and oxygen atoms in total. The van der Waals surface area contributed by atoms with E-state index in [1.807, 2.05) is 0 Å². The van der Waals surface area contributed by atoms with Crippen LogP contribution in [-0.4, -0.2) is 38.5 Å². The molecular weight excluding hydrogens is 344 g/mol. The van der Waals surface area contributed by atoms with Crippen LogP contribution in [0.3, 0.4) is 0 Å². The maximum atomic E-state index is 13.1. The number of ketones is 1. The summed E-state index contributed by atoms with van der Waals surface area (Å²) < 4.78 is 5.52. The molecule has 6 heteroatoms. The van der Waals surface area contributed by atoms with Crippen LogP contribution in [0, 0.1) is 0 Å². The molecule has 1 atom stereocenters. The first kappa shape index (κ1) is 17.8. The lowest BCUT2D eigenvalue weighted by molar-refractivity contribution is -0.0635. The van der Waals surface area contributed by atoms with Gasteiger partial charge in [0.25, 0.3) is 0 Å². The Hall–Kier alpha value is -2.60. The summed E-state index contributed by atoms with van der Waals surface area (Å²) in [5.74, 6) is -0.847. The molecule has 0 saturated heterocycles. The molecular formula is C21H22N2O4. The summed E-state index contributed by atoms with van der Waals surface area (Å²) in [5, 5.41) is 10.4. The minimum Gasteiger partial charge on any atom is -0.455 e. The molecule has 1 aromatic heterocycles. The minimum absolute atomic E-state index is 0.135. The number of fused-ring (bicyclic) bond motifs is 4. The highest BCUT2D eigenvalue weighted by atomic mass is 16.6. The van der Waals surface area contributed by atoms with Crippen LogP contribution in [0.2, 0.25) is 0 Å². The second kappa shape index (κ2) is 6.53. The first-order valence-corrected chi connectivity index (χ1v) is 9.30. The van der Waals surface area contributed by atoms with Crippen molar-refractivity contribution < 1.29 is 19.4 Å². The Morgan fingerprint density at radius 1 is 1.00 bits per heavy atom. The average molecular weight is 366 g/mol. The zero-order valence-corrected chi connectivity index (χ0v) is 15.5. The molecule has 2 aromatic rings. The lowest BCUT2D eigenvalue weighted by Crippen LogP contribution is -2.41. The third-order valence-corrected chi connectivity index (χ3v) is 5.20. The van der Waals surface area contributed by atoms with Gasteiger partial charge in [0.2, 0.25) is 0 Å². The third kappa shape index (κ3) is 3.25. The lowest BCUT2D eigenvalue weighted by Gasteiger charge is -2.28. The highest BCUT2D eigenvalue weighted by Gasteiger charge is 2.37. The van der Waals surface area contributed by atoms with Gasteiger partial charge in [-0.05, 0) is 45.6 Å². The Morgan fingerprint density at radius 3 is 2.22 bits per heavy atom. The number of hydrogen-bond acceptors (Lipinski definition) is 6. The number of rotatable bonds is 1. The average Bonchev–Trinajstić information content (AvgIpc) is 2.69. The normalized spacial score (nSPS) is 19.7. The molecule has 0 bridgehead atoms. The molecule has 2 aliphatic rings. The van der Waals surface area contributed by atoms with Crippen LogP contribution < -0.4 is 0 Å². The van der Waals surface area contributed by atoms with Crippen molar-refractivity contribution in [2.75, 3.05) is 0 Å². The van der Waals surface area contributed by atoms with E-state index < -0.39 is 17.7 Å². The number of carbonyl (C=O) groups is 2. The van der Waals surface area contributed by atoms with Gasteiger partial charge in [0.1, 0.15) is 17.5 Å². The quantitative estimate of drug-likeness (QED) is 0.781. The number of Topliss-reactive ketones (excluding diaryl/α,β-unsaturated/α-hetero) is 1. The number of ether oxygens (including phenoxy) is 1. The Kier molecular flexibility index (Phi) is 4.30. The van der Waals surface area contributed by atoms with Gasteiger partial charge in [-0.2, -0.15) is 0 Å². The molecule has 0 spiro atoms. The van der Waals surface area contributed by atoms with Crippen molar-refractivity contribution >= 4 is 11.8 Å². The number of benzene rings is 1. The SMILES string of the molecule is CC(C)(O)C1CC(=O)c2nc3c(nc2-c2ccccc2C(=O)O1)CCCC3. The van der Waals surface area contributed by atoms with E-state index in [4.69, 9.17) is 9.72 Å². The van der Waals surface area contributed by atoms with Crippen LogP contribution in [0.15, 0.2) is 24.3 Å². The number of esters is 1. The van der Waals surface area contributed by atoms with Gasteiger partial charge >= 0.3 is 5.97 Å². The van der Waals surface area contributed by atoms with E-state index >= 15 is 0 Å². The maximum absolute atomic E-state index is 13.1. The second-order valence-corrected chi connectivity index (χ2v) is 7.74. The topological polar surface area (TPSA) is 89.4 Å². The van der Waals surface area contributed by atoms with Gasteiger partial charge in [-0.1, -0.05) is 18.2 Å². The van der Waals surface area contributed by atoms with Crippen molar-refractivity contribution in [3.8, 4) is 11.3 Å². The van der Waals surface area contributed by atoms with Crippen molar-refractivity contribution in [1.82, 2.24) is 9.97 Å². The van der Waals surface area contributed by atoms with Gasteiger partial charge in [0.15, 0.2) is 5.78 Å². The Balaban J connectivity index is 1.95. The molecule has 1 N–H and O–H groups in total. The zero-order chi connectivity index (χ0) is 19.2. The van der Waals surface area contributed by atoms with Crippen LogP contribution in [-0.2, 0) is 17.6 Å². The molecule has 0 saturated carbocycles. The van der Waals surface area contributed by atoms with Gasteiger partial charge < -0.3 is 9.84 Å². The smallest absolute Gasteiger partial charge is 0.339 e. The van der Waals surface area contributed by atoms with E-state index in [0.717, 1.165) is 37.1 Å². The van der Waals surface area contributed by atoms with Crippen molar-refractivity contribution in [2.45, 2.75) is 57.7 Å². The van der Waals surface area contributed by atoms with Crippen molar-refractivity contribution in [1.29, 1.82) is 0 Å². The van der Waals surface area contributed by atoms with Gasteiger partial charge in [-0.15, -0.1) is 0 Å². The molecule has 1 aliphatic heterocycles. The van der Waals surface area contributed by atoms with Crippen LogP contribution in [0.25, 0.3) is 11.3 Å². The van der Waals surface area contributed by atoms with Crippen LogP contribution in [0.4, 0.5) is 0 Å². The second-order valence-electron chi connectivity index (χ2n) is 7.74. The van der Waals surface area contributed by atoms with Crippen molar-refractivity contribution in [3.05, 3.63) is 46.9 Å². The molecule has 0 fully saturated rings. The van der Waals surface area contributed by atoms with Gasteiger partial charge in [-0.3, -0.25) is 4.79 Å². The number of aromatic nitrogens is 2. The summed E-state index contributed by atoms with van der Waals surface area (Å²) in [4.78, 5) is 35.3. The summed E-state index contributed by atoms with van der Waals surface area (Å²) in [6, 6.07) is 6.95. The van der Waals surface area contributed by atoms with E-state index in [1.165, 1.54) is 13.8 Å². The van der Waals surface area contributed by atoms with Crippen molar-refractivity contribution in [3.63, 3.8) is 0 Å². The molecule has 4 rings (SSSR count). The fourth-order valence-corrected chi connectivity index (χ4v) is 3.63. The fourth-order valence-electron chi connectivity index (χ4n) is 3.63. The molecule has 27 heavy (non-hydrogen) atoms. The highest BCUT2D eigenvalue weighted by molar-refractivity contribution is 6.05. The summed E-state index contributed by atoms with van der Waals surface area (Å²) in [5.41, 5.74) is 1.97. The maximum Gasteiger partial charge on any atom is 0.339 e. The largest absolute Gasteiger partial charge is 0.455 e. The number of aryl methyl sites for hydroxylation is 2. The zero-order valence-electron chi connectivity index (χ0n) is 15.5. The number of carbonyl (C=O) groups excluding carboxylic acids is 2. The van der Waals surface area contributed by atoms with Crippen LogP contribution >= 0.6 is 0 Å². The molecule has 0 amide bonds. The number of hydrogen-bond donors (Lipinski definition) is 1. The van der Waals surface area contributed by atoms with Crippen LogP contribution in [0.5, 0.6) is 0 Å². The third-order valence-electron chi connectivity index (χ3n) is 5.20. The molecule has 1 aliphatic carbocycles. The minimum atomic E-state index is -1.35. The number of cyclic esters (lactones) is 1. The van der Waals surface area contributed by atoms with Gasteiger partial charge in [0.05, 0.1) is 29.0 Å². The lowest BCUT2D eigenvalue weighted by atomic mass is 9.94. The number of aliphatic hydroxyl groups is 1. The number of nitrogens with zero attached hydrogens (tertiary/aromatic N) is 2. The molecule has 2 heterocycles. The molecule has 1 aromatic carbocycles. The Bertz CT molecular complexity index is 930. The standard InChI is InChI=1S/C21H22N2O4/c1-21(2,26)17-11-16(24)19-18(22-14-9-5-6-10-15(14)23-19)12-7-3-4-8-13(12)20(25)27-17/h3-4,7-8,17,26H,5-6,9-11H2,1-2H3. The van der Waals surface area contributed by atoms with E-state index in [1.54, 1.807) is 24.3 Å². The van der Waals surface area contributed by atoms with Gasteiger partial charge in [0, 0.05) is 5.56 Å². The fraction of sp³-hybridized carbons (Fsp3) is 0.429. The van der Waals surface area contributed by atoms with Crippen molar-refractivity contribution in [2.24, 2.45) is 0 Å².